The predicted molar refractivity (Wildman–Crippen MR) is 288 cm³/mol. The van der Waals surface area contributed by atoms with E-state index in [-0.39, 0.29) is 97.1 Å². The van der Waals surface area contributed by atoms with E-state index < -0.39 is 148 Å². The molecule has 1 aromatic heterocycles. The summed E-state index contributed by atoms with van der Waals surface area (Å²) < 4.78 is 5.36. The molecule has 0 radical (unpaired) electrons. The van der Waals surface area contributed by atoms with Crippen molar-refractivity contribution in [3.05, 3.63) is 59.4 Å². The number of nitrogens with zero attached hydrogens (tertiary/aromatic N) is 7. The van der Waals surface area contributed by atoms with Crippen molar-refractivity contribution in [2.75, 3.05) is 111 Å². The SMILES string of the molecule is CN(Cc1nc2ccccc2[nH]1)C(=O)c1ccc2c(c1)NC(CC(=O)OCCCNC(=O)C(CCC(=O)O)NC(=O)C(CCC(=O)O)NC(=O)CN1CCN(CC(=O)O)CCN(CC(=O)O)CCN(CC(=O)O)CC1)C(=O)N(CC(=O)O)C2. The number of imidazole rings is 1. The lowest BCUT2D eigenvalue weighted by molar-refractivity contribution is -0.148. The summed E-state index contributed by atoms with van der Waals surface area (Å²) in [5, 5.41) is 67.5. The van der Waals surface area contributed by atoms with Gasteiger partial charge >= 0.3 is 41.8 Å². The lowest BCUT2D eigenvalue weighted by atomic mass is 10.1. The van der Waals surface area contributed by atoms with Crippen molar-refractivity contribution < 1.29 is 92.9 Å². The minimum absolute atomic E-state index is 0.0385. The van der Waals surface area contributed by atoms with Crippen molar-refractivity contribution >= 4 is 88.0 Å². The molecule has 83 heavy (non-hydrogen) atoms. The highest BCUT2D eigenvalue weighted by Crippen LogP contribution is 2.27. The number of H-pyrrole nitrogens is 1. The third-order valence-corrected chi connectivity index (χ3v) is 13.4. The predicted octanol–water partition coefficient (Wildman–Crippen LogP) is -2.34. The van der Waals surface area contributed by atoms with Crippen LogP contribution in [0.1, 0.15) is 60.3 Å². The summed E-state index contributed by atoms with van der Waals surface area (Å²) in [4.78, 5) is 168. The molecule has 2 aliphatic heterocycles. The highest BCUT2D eigenvalue weighted by molar-refractivity contribution is 5.97. The summed E-state index contributed by atoms with van der Waals surface area (Å²) in [6.45, 7) is -2.26. The van der Waals surface area contributed by atoms with Crippen molar-refractivity contribution in [1.82, 2.24) is 55.3 Å². The van der Waals surface area contributed by atoms with Crippen molar-refractivity contribution in [3.63, 3.8) is 0 Å². The van der Waals surface area contributed by atoms with Gasteiger partial charge in [0.25, 0.3) is 5.91 Å². The second kappa shape index (κ2) is 32.0. The van der Waals surface area contributed by atoms with Gasteiger partial charge in [-0.3, -0.25) is 77.1 Å². The van der Waals surface area contributed by atoms with Crippen molar-refractivity contribution in [1.29, 1.82) is 0 Å². The van der Waals surface area contributed by atoms with E-state index in [1.165, 1.54) is 26.8 Å². The fourth-order valence-corrected chi connectivity index (χ4v) is 9.16. The number of carboxylic acids is 6. The van der Waals surface area contributed by atoms with Gasteiger partial charge in [-0.1, -0.05) is 18.2 Å². The van der Waals surface area contributed by atoms with Crippen LogP contribution in [0.25, 0.3) is 11.0 Å². The Morgan fingerprint density at radius 2 is 1.20 bits per heavy atom. The molecule has 1 saturated heterocycles. The quantitative estimate of drug-likeness (QED) is 0.0256. The maximum absolute atomic E-state index is 13.8. The van der Waals surface area contributed by atoms with E-state index >= 15 is 0 Å². The van der Waals surface area contributed by atoms with Gasteiger partial charge in [-0.05, 0) is 49.1 Å². The van der Waals surface area contributed by atoms with Crippen LogP contribution in [0, 0.1) is 0 Å². The van der Waals surface area contributed by atoms with Gasteiger partial charge in [-0.2, -0.15) is 0 Å². The average Bonchev–Trinajstić information content (AvgIpc) is 4.07. The highest BCUT2D eigenvalue weighted by atomic mass is 16.5. The Balaban J connectivity index is 1.18. The fraction of sp³-hybridized carbons (Fsp3) is 0.519. The zero-order valence-electron chi connectivity index (χ0n) is 45.7. The van der Waals surface area contributed by atoms with E-state index in [9.17, 15) is 88.2 Å². The van der Waals surface area contributed by atoms with E-state index in [2.05, 4.69) is 31.2 Å². The summed E-state index contributed by atoms with van der Waals surface area (Å²) in [5.41, 5.74) is 2.51. The lowest BCUT2D eigenvalue weighted by Crippen LogP contribution is -2.55. The number of esters is 1. The molecule has 3 atom stereocenters. The zero-order chi connectivity index (χ0) is 60.8. The number of nitrogens with one attached hydrogen (secondary N) is 5. The number of para-hydroxylation sites is 2. The molecule has 1 fully saturated rings. The summed E-state index contributed by atoms with van der Waals surface area (Å²) in [6.07, 6.45) is -2.81. The monoisotopic (exact) mass is 1170 g/mol. The molecule has 5 amide bonds. The number of amides is 5. The number of aromatic nitrogens is 2. The molecule has 2 aromatic carbocycles. The van der Waals surface area contributed by atoms with Crippen LogP contribution in [0.5, 0.6) is 0 Å². The number of carbonyl (C=O) groups is 12. The molecule has 2 aliphatic rings. The first-order valence-electron chi connectivity index (χ1n) is 26.5. The molecule has 11 N–H and O–H groups in total. The number of ether oxygens (including phenoxy) is 1. The number of anilines is 1. The topological polar surface area (TPSA) is 432 Å². The summed E-state index contributed by atoms with van der Waals surface area (Å²) in [6, 6.07) is 7.52. The molecular formula is C52H70N12O19. The van der Waals surface area contributed by atoms with Crippen LogP contribution in [-0.2, 0) is 70.6 Å². The third kappa shape index (κ3) is 22.2. The molecule has 0 spiro atoms. The Labute approximate surface area is 474 Å². The number of fused-ring (bicyclic) bond motifs is 2. The fourth-order valence-electron chi connectivity index (χ4n) is 9.16. The summed E-state index contributed by atoms with van der Waals surface area (Å²) in [7, 11) is 1.58. The van der Waals surface area contributed by atoms with Crippen LogP contribution in [0.15, 0.2) is 42.5 Å². The molecular weight excluding hydrogens is 1100 g/mol. The molecule has 3 heterocycles. The van der Waals surface area contributed by atoms with Crippen LogP contribution in [0.2, 0.25) is 0 Å². The maximum atomic E-state index is 13.8. The highest BCUT2D eigenvalue weighted by Gasteiger charge is 2.34. The number of carbonyl (C=O) groups excluding carboxylic acids is 6. The second-order valence-corrected chi connectivity index (χ2v) is 19.9. The molecule has 5 rings (SSSR count). The molecule has 0 saturated carbocycles. The minimum Gasteiger partial charge on any atom is -0.481 e. The largest absolute Gasteiger partial charge is 0.481 e. The Morgan fingerprint density at radius 3 is 1.73 bits per heavy atom. The van der Waals surface area contributed by atoms with Crippen molar-refractivity contribution in [2.45, 2.75) is 69.7 Å². The number of benzene rings is 2. The molecule has 31 heteroatoms. The Morgan fingerprint density at radius 1 is 0.675 bits per heavy atom. The number of aromatic amines is 1. The molecule has 31 nitrogen and oxygen atoms in total. The number of rotatable bonds is 29. The minimum atomic E-state index is -1.58. The second-order valence-electron chi connectivity index (χ2n) is 19.9. The molecule has 3 unspecified atom stereocenters. The van der Waals surface area contributed by atoms with Gasteiger partial charge in [0.05, 0.1) is 56.8 Å². The molecule has 0 bridgehead atoms. The van der Waals surface area contributed by atoms with Crippen LogP contribution in [0.4, 0.5) is 5.69 Å². The van der Waals surface area contributed by atoms with E-state index in [0.29, 0.717) is 17.1 Å². The van der Waals surface area contributed by atoms with E-state index in [0.717, 1.165) is 15.9 Å². The standard InChI is InChI=1S/C52H70N12O19/c1-59(26-40-55-34-5-2-3-6-35(34)56-40)51(81)32-7-8-33-25-64(31-47(76)77)52(82)39(54-38(33)23-32)24-48(78)83-22-4-13-53-49(79)36(9-11-42(66)67)58-50(80)37(10-12-43(68)69)57-41(65)27-60-14-16-61(28-44(70)71)18-20-63(30-46(74)75)21-19-62(17-15-60)29-45(72)73/h2-3,5-8,23,36-37,39,54H,4,9-22,24-31H2,1H3,(H,53,79)(H,55,56)(H,57,65)(H,58,80)(H,66,67)(H,68,69)(H,70,71)(H,72,73)(H,74,75)(H,76,77). The van der Waals surface area contributed by atoms with Gasteiger partial charge in [0, 0.05) is 96.6 Å². The smallest absolute Gasteiger partial charge is 0.323 e. The summed E-state index contributed by atoms with van der Waals surface area (Å²) >= 11 is 0. The number of carboxylic acid groups (broad SMARTS) is 6. The van der Waals surface area contributed by atoms with E-state index in [1.54, 1.807) is 22.9 Å². The van der Waals surface area contributed by atoms with Gasteiger partial charge in [-0.15, -0.1) is 0 Å². The van der Waals surface area contributed by atoms with Crippen LogP contribution >= 0.6 is 0 Å². The van der Waals surface area contributed by atoms with Crippen LogP contribution < -0.4 is 21.3 Å². The average molecular weight is 1170 g/mol. The zero-order valence-corrected chi connectivity index (χ0v) is 45.7. The Bertz CT molecular complexity index is 2780. The van der Waals surface area contributed by atoms with Gasteiger partial charge in [0.1, 0.15) is 30.5 Å². The number of hydrogen-bond acceptors (Lipinski definition) is 19. The Hall–Kier alpha value is -8.81. The van der Waals surface area contributed by atoms with E-state index in [1.807, 2.05) is 24.3 Å². The Kier molecular flexibility index (Phi) is 25.1. The van der Waals surface area contributed by atoms with Crippen molar-refractivity contribution in [2.24, 2.45) is 0 Å². The maximum Gasteiger partial charge on any atom is 0.323 e. The van der Waals surface area contributed by atoms with Crippen LogP contribution in [0.3, 0.4) is 0 Å². The first-order chi connectivity index (χ1) is 39.4. The lowest BCUT2D eigenvalue weighted by Gasteiger charge is -2.33. The first kappa shape index (κ1) is 65.0. The summed E-state index contributed by atoms with van der Waals surface area (Å²) in [5.74, 6) is -11.7. The van der Waals surface area contributed by atoms with Gasteiger partial charge in [0.2, 0.25) is 23.6 Å². The van der Waals surface area contributed by atoms with Crippen molar-refractivity contribution in [3.8, 4) is 0 Å². The third-order valence-electron chi connectivity index (χ3n) is 13.4. The van der Waals surface area contributed by atoms with Gasteiger partial charge in [-0.25, -0.2) is 4.98 Å². The van der Waals surface area contributed by atoms with Crippen LogP contribution in [-0.4, -0.2) is 265 Å². The van der Waals surface area contributed by atoms with E-state index in [4.69, 9.17) is 4.74 Å². The molecule has 3 aromatic rings. The first-order valence-corrected chi connectivity index (χ1v) is 26.5. The molecule has 452 valence electrons. The number of aliphatic carboxylic acids is 6. The number of hydrogen-bond donors (Lipinski definition) is 11. The van der Waals surface area contributed by atoms with Gasteiger partial charge < -0.3 is 71.4 Å². The van der Waals surface area contributed by atoms with Gasteiger partial charge in [0.15, 0.2) is 0 Å². The normalized spacial score (nSPS) is 16.5. The molecule has 0 aliphatic carbocycles.